The number of hydrogen-bond donors (Lipinski definition) is 2. The molecule has 0 radical (unpaired) electrons. The van der Waals surface area contributed by atoms with Crippen LogP contribution in [0.5, 0.6) is 5.75 Å². The Balaban J connectivity index is 1.54. The normalized spacial score (nSPS) is 25.1. The molecule has 3 aromatic carbocycles. The summed E-state index contributed by atoms with van der Waals surface area (Å²) >= 11 is 1.71. The predicted molar refractivity (Wildman–Crippen MR) is 145 cm³/mol. The topological polar surface area (TPSA) is 61.8 Å². The van der Waals surface area contributed by atoms with Crippen LogP contribution in [0.1, 0.15) is 29.0 Å². The molecular formula is C30H34N2O3S. The summed E-state index contributed by atoms with van der Waals surface area (Å²) in [5.41, 5.74) is 3.63. The fraction of sp³-hybridized carbons (Fsp3) is 0.367. The fourth-order valence-corrected chi connectivity index (χ4v) is 6.75. The van der Waals surface area contributed by atoms with Gasteiger partial charge in [0.25, 0.3) is 0 Å². The van der Waals surface area contributed by atoms with Gasteiger partial charge in [-0.15, -0.1) is 11.8 Å². The first-order chi connectivity index (χ1) is 17.6. The van der Waals surface area contributed by atoms with E-state index in [4.69, 9.17) is 4.74 Å². The van der Waals surface area contributed by atoms with Crippen LogP contribution in [0.15, 0.2) is 83.8 Å². The van der Waals surface area contributed by atoms with Gasteiger partial charge in [-0.1, -0.05) is 60.7 Å². The second-order valence-electron chi connectivity index (χ2n) is 9.77. The van der Waals surface area contributed by atoms with Crippen molar-refractivity contribution in [1.82, 2.24) is 10.2 Å². The van der Waals surface area contributed by atoms with E-state index in [2.05, 4.69) is 89.3 Å². The lowest BCUT2D eigenvalue weighted by atomic mass is 9.66. The third-order valence-corrected chi connectivity index (χ3v) is 8.67. The van der Waals surface area contributed by atoms with Crippen LogP contribution in [0.2, 0.25) is 0 Å². The lowest BCUT2D eigenvalue weighted by Crippen LogP contribution is -2.68. The zero-order valence-electron chi connectivity index (χ0n) is 20.8. The first kappa shape index (κ1) is 24.9. The number of fused-ring (bicyclic) bond motifs is 3. The maximum absolute atomic E-state index is 12.3. The molecule has 3 aliphatic rings. The molecule has 6 rings (SSSR count). The zero-order valence-corrected chi connectivity index (χ0v) is 21.7. The molecule has 6 heteroatoms. The third-order valence-electron chi connectivity index (χ3n) is 7.94. The van der Waals surface area contributed by atoms with E-state index in [1.165, 1.54) is 16.0 Å². The van der Waals surface area contributed by atoms with E-state index in [-0.39, 0.29) is 29.8 Å². The van der Waals surface area contributed by atoms with E-state index < -0.39 is 5.97 Å². The average Bonchev–Trinajstić information content (AvgIpc) is 2.93. The van der Waals surface area contributed by atoms with Crippen molar-refractivity contribution in [1.29, 1.82) is 0 Å². The number of carboxylic acid groups (broad SMARTS) is 1. The van der Waals surface area contributed by atoms with Crippen LogP contribution in [-0.2, 0) is 11.3 Å². The summed E-state index contributed by atoms with van der Waals surface area (Å²) in [4.78, 5) is 15.9. The SMILES string of the molecule is COc1ccc(SC)cc1CN[C@H]1[C@H]2CCN(C[C@@H]2C(=O)O)[C@H]1C(c1ccccc1)c1ccccc1. The van der Waals surface area contributed by atoms with Gasteiger partial charge in [0.1, 0.15) is 5.75 Å². The Hall–Kier alpha value is -2.80. The van der Waals surface area contributed by atoms with Gasteiger partial charge in [-0.05, 0) is 54.5 Å². The van der Waals surface area contributed by atoms with Crippen LogP contribution in [0.3, 0.4) is 0 Å². The zero-order chi connectivity index (χ0) is 25.1. The van der Waals surface area contributed by atoms with Crippen molar-refractivity contribution < 1.29 is 14.6 Å². The first-order valence-corrected chi connectivity index (χ1v) is 13.8. The summed E-state index contributed by atoms with van der Waals surface area (Å²) in [5, 5.41) is 14.0. The van der Waals surface area contributed by atoms with Crippen molar-refractivity contribution >= 4 is 17.7 Å². The minimum Gasteiger partial charge on any atom is -0.496 e. The number of ether oxygens (including phenoxy) is 1. The molecule has 0 saturated carbocycles. The molecule has 36 heavy (non-hydrogen) atoms. The molecule has 5 nitrogen and oxygen atoms in total. The molecule has 3 heterocycles. The number of piperidine rings is 3. The van der Waals surface area contributed by atoms with Crippen molar-refractivity contribution in [3.05, 3.63) is 95.6 Å². The van der Waals surface area contributed by atoms with Gasteiger partial charge < -0.3 is 15.2 Å². The van der Waals surface area contributed by atoms with Crippen LogP contribution < -0.4 is 10.1 Å². The Kier molecular flexibility index (Phi) is 7.65. The number of nitrogens with one attached hydrogen (secondary N) is 1. The molecule has 3 saturated heterocycles. The summed E-state index contributed by atoms with van der Waals surface area (Å²) in [6.45, 7) is 2.16. The lowest BCUT2D eigenvalue weighted by molar-refractivity contribution is -0.152. The van der Waals surface area contributed by atoms with E-state index in [1.807, 2.05) is 6.07 Å². The van der Waals surface area contributed by atoms with E-state index in [0.29, 0.717) is 13.1 Å². The van der Waals surface area contributed by atoms with Crippen molar-refractivity contribution in [2.24, 2.45) is 11.8 Å². The monoisotopic (exact) mass is 502 g/mol. The van der Waals surface area contributed by atoms with Crippen molar-refractivity contribution in [2.45, 2.75) is 35.9 Å². The number of rotatable bonds is 9. The van der Waals surface area contributed by atoms with Crippen molar-refractivity contribution in [3.8, 4) is 5.75 Å². The smallest absolute Gasteiger partial charge is 0.308 e. The molecule has 0 amide bonds. The number of methoxy groups -OCH3 is 1. The Morgan fingerprint density at radius 1 is 1.08 bits per heavy atom. The molecular weight excluding hydrogens is 468 g/mol. The molecule has 0 aromatic heterocycles. The highest BCUT2D eigenvalue weighted by atomic mass is 32.2. The predicted octanol–water partition coefficient (Wildman–Crippen LogP) is 5.11. The van der Waals surface area contributed by atoms with Crippen LogP contribution in [0, 0.1) is 11.8 Å². The molecule has 188 valence electrons. The number of hydrogen-bond acceptors (Lipinski definition) is 5. The Morgan fingerprint density at radius 3 is 2.33 bits per heavy atom. The number of carboxylic acids is 1. The van der Waals surface area contributed by atoms with Crippen LogP contribution in [0.4, 0.5) is 0 Å². The number of aliphatic carboxylic acids is 1. The Bertz CT molecular complexity index is 1130. The van der Waals surface area contributed by atoms with Crippen LogP contribution in [-0.4, -0.2) is 54.5 Å². The van der Waals surface area contributed by atoms with E-state index >= 15 is 0 Å². The van der Waals surface area contributed by atoms with E-state index in [0.717, 1.165) is 24.3 Å². The molecule has 2 N–H and O–H groups in total. The standard InChI is InChI=1S/C30H34N2O3S/c1-35-26-14-13-23(36-2)17-22(26)18-31-28-24-15-16-32(19-25(24)30(33)34)29(28)27(20-9-5-3-6-10-20)21-11-7-4-8-12-21/h3-14,17,24-25,27-29,31H,15-16,18-19H2,1-2H3,(H,33,34)/t24-,25-,28-,29-/m0/s1. The lowest BCUT2D eigenvalue weighted by Gasteiger charge is -2.56. The highest BCUT2D eigenvalue weighted by molar-refractivity contribution is 7.98. The van der Waals surface area contributed by atoms with Crippen LogP contribution >= 0.6 is 11.8 Å². The molecule has 0 spiro atoms. The van der Waals surface area contributed by atoms with Gasteiger partial charge in [0.2, 0.25) is 0 Å². The molecule has 3 aromatic rings. The fourth-order valence-electron chi connectivity index (χ4n) is 6.28. The molecule has 3 aliphatic heterocycles. The van der Waals surface area contributed by atoms with Gasteiger partial charge in [-0.2, -0.15) is 0 Å². The van der Waals surface area contributed by atoms with Gasteiger partial charge in [0.15, 0.2) is 0 Å². The molecule has 5 atom stereocenters. The highest BCUT2D eigenvalue weighted by Gasteiger charge is 2.52. The molecule has 3 fully saturated rings. The second-order valence-corrected chi connectivity index (χ2v) is 10.6. The van der Waals surface area contributed by atoms with Gasteiger partial charge in [-0.25, -0.2) is 0 Å². The summed E-state index contributed by atoms with van der Waals surface area (Å²) in [7, 11) is 1.70. The maximum atomic E-state index is 12.3. The number of nitrogens with zero attached hydrogens (tertiary/aromatic N) is 1. The van der Waals surface area contributed by atoms with Crippen molar-refractivity contribution in [3.63, 3.8) is 0 Å². The Labute approximate surface area is 217 Å². The van der Waals surface area contributed by atoms with Crippen LogP contribution in [0.25, 0.3) is 0 Å². The minimum atomic E-state index is -0.687. The first-order valence-electron chi connectivity index (χ1n) is 12.6. The number of thioether (sulfide) groups is 1. The summed E-state index contributed by atoms with van der Waals surface area (Å²) in [6, 6.07) is 27.8. The van der Waals surface area contributed by atoms with Gasteiger partial charge in [0, 0.05) is 41.6 Å². The van der Waals surface area contributed by atoms with Crippen molar-refractivity contribution in [2.75, 3.05) is 26.5 Å². The van der Waals surface area contributed by atoms with E-state index in [9.17, 15) is 9.90 Å². The third kappa shape index (κ3) is 4.90. The average molecular weight is 503 g/mol. The van der Waals surface area contributed by atoms with E-state index in [1.54, 1.807) is 18.9 Å². The molecule has 1 unspecified atom stereocenters. The number of benzene rings is 3. The van der Waals surface area contributed by atoms with Gasteiger partial charge >= 0.3 is 5.97 Å². The summed E-state index contributed by atoms with van der Waals surface area (Å²) < 4.78 is 5.67. The second kappa shape index (κ2) is 11.1. The minimum absolute atomic E-state index is 0.0293. The summed E-state index contributed by atoms with van der Waals surface area (Å²) in [5.74, 6) is 0.0200. The highest BCUT2D eigenvalue weighted by Crippen LogP contribution is 2.44. The largest absolute Gasteiger partial charge is 0.496 e. The maximum Gasteiger partial charge on any atom is 0.308 e. The summed E-state index contributed by atoms with van der Waals surface area (Å²) in [6.07, 6.45) is 2.97. The van der Waals surface area contributed by atoms with Gasteiger partial charge in [0.05, 0.1) is 13.0 Å². The molecule has 2 bridgehead atoms. The molecule has 0 aliphatic carbocycles. The van der Waals surface area contributed by atoms with Gasteiger partial charge in [-0.3, -0.25) is 9.69 Å². The quantitative estimate of drug-likeness (QED) is 0.397. The number of carbonyl (C=O) groups is 1. The Morgan fingerprint density at radius 2 is 1.75 bits per heavy atom.